The molecule has 0 unspecified atom stereocenters. The third-order valence-corrected chi connectivity index (χ3v) is 9.15. The maximum absolute atomic E-state index is 3.48. The topological polar surface area (TPSA) is 27.3 Å². The Bertz CT molecular complexity index is 1590. The van der Waals surface area contributed by atoms with E-state index in [1.165, 1.54) is 32.9 Å². The standard InChI is InChI=1S/C33H29N3S3/c1-36(33-7-4-20-39-33)30-17-12-26(21-24-8-13-28(14-9-24)34-31-5-2-18-37-31)23-27(30)22-25-10-15-29(16-11-25)35-32-6-3-19-38-32/h2-20,23,34-35H,21-22H2,1H3. The van der Waals surface area contributed by atoms with Crippen molar-refractivity contribution in [1.82, 2.24) is 0 Å². The molecule has 0 radical (unpaired) electrons. The van der Waals surface area contributed by atoms with Crippen LogP contribution in [-0.2, 0) is 12.8 Å². The number of nitrogens with one attached hydrogen (secondary N) is 2. The Morgan fingerprint density at radius 3 is 1.64 bits per heavy atom. The van der Waals surface area contributed by atoms with Crippen molar-refractivity contribution in [2.75, 3.05) is 22.6 Å². The van der Waals surface area contributed by atoms with Crippen molar-refractivity contribution in [3.05, 3.63) is 142 Å². The molecule has 0 saturated heterocycles. The van der Waals surface area contributed by atoms with Crippen molar-refractivity contribution in [3.63, 3.8) is 0 Å². The van der Waals surface area contributed by atoms with Crippen LogP contribution in [0.25, 0.3) is 0 Å². The van der Waals surface area contributed by atoms with Crippen LogP contribution < -0.4 is 15.5 Å². The van der Waals surface area contributed by atoms with Crippen molar-refractivity contribution in [3.8, 4) is 0 Å². The summed E-state index contributed by atoms with van der Waals surface area (Å²) < 4.78 is 0. The highest BCUT2D eigenvalue weighted by Gasteiger charge is 2.13. The third-order valence-electron chi connectivity index (χ3n) is 6.63. The number of hydrogen-bond acceptors (Lipinski definition) is 6. The van der Waals surface area contributed by atoms with Gasteiger partial charge in [-0.15, -0.1) is 34.0 Å². The zero-order chi connectivity index (χ0) is 26.4. The molecule has 0 atom stereocenters. The fourth-order valence-corrected chi connectivity index (χ4v) is 6.63. The molecule has 39 heavy (non-hydrogen) atoms. The Balaban J connectivity index is 1.22. The van der Waals surface area contributed by atoms with E-state index in [1.807, 2.05) is 0 Å². The number of hydrogen-bond donors (Lipinski definition) is 2. The van der Waals surface area contributed by atoms with E-state index < -0.39 is 0 Å². The summed E-state index contributed by atoms with van der Waals surface area (Å²) in [7, 11) is 2.16. The maximum atomic E-state index is 3.48. The summed E-state index contributed by atoms with van der Waals surface area (Å²) in [4.78, 5) is 2.31. The summed E-state index contributed by atoms with van der Waals surface area (Å²) in [6.07, 6.45) is 1.78. The van der Waals surface area contributed by atoms with E-state index in [4.69, 9.17) is 0 Å². The van der Waals surface area contributed by atoms with Crippen molar-refractivity contribution in [2.45, 2.75) is 12.8 Å². The first-order valence-corrected chi connectivity index (χ1v) is 15.5. The van der Waals surface area contributed by atoms with Crippen molar-refractivity contribution in [2.24, 2.45) is 0 Å². The van der Waals surface area contributed by atoms with Crippen LogP contribution in [0.15, 0.2) is 119 Å². The summed E-state index contributed by atoms with van der Waals surface area (Å²) in [5.41, 5.74) is 8.74. The minimum Gasteiger partial charge on any atom is -0.347 e. The molecule has 0 bridgehead atoms. The molecule has 6 aromatic rings. The molecule has 194 valence electrons. The lowest BCUT2D eigenvalue weighted by Crippen LogP contribution is -2.11. The fraction of sp³-hybridized carbons (Fsp3) is 0.0909. The zero-order valence-electron chi connectivity index (χ0n) is 21.6. The normalized spacial score (nSPS) is 10.9. The van der Waals surface area contributed by atoms with Gasteiger partial charge in [-0.2, -0.15) is 0 Å². The predicted octanol–water partition coefficient (Wildman–Crippen LogP) is 10.3. The Morgan fingerprint density at radius 1 is 0.564 bits per heavy atom. The number of anilines is 6. The second-order valence-electron chi connectivity index (χ2n) is 9.43. The first kappa shape index (κ1) is 25.4. The molecule has 3 heterocycles. The highest BCUT2D eigenvalue weighted by atomic mass is 32.1. The Morgan fingerprint density at radius 2 is 1.10 bits per heavy atom. The Labute approximate surface area is 242 Å². The summed E-state index contributed by atoms with van der Waals surface area (Å²) in [5.74, 6) is 0. The molecule has 3 aromatic heterocycles. The molecule has 0 aliphatic rings. The van der Waals surface area contributed by atoms with Gasteiger partial charge in [-0.1, -0.05) is 36.4 Å². The van der Waals surface area contributed by atoms with E-state index in [0.29, 0.717) is 0 Å². The van der Waals surface area contributed by atoms with Crippen molar-refractivity contribution >= 4 is 66.1 Å². The quantitative estimate of drug-likeness (QED) is 0.174. The third kappa shape index (κ3) is 6.42. The molecule has 0 saturated carbocycles. The van der Waals surface area contributed by atoms with Gasteiger partial charge in [0, 0.05) is 24.1 Å². The van der Waals surface area contributed by atoms with Gasteiger partial charge >= 0.3 is 0 Å². The second-order valence-corrected chi connectivity index (χ2v) is 12.2. The summed E-state index contributed by atoms with van der Waals surface area (Å²) in [6, 6.07) is 37.2. The largest absolute Gasteiger partial charge is 0.347 e. The van der Waals surface area contributed by atoms with Crippen LogP contribution in [0.3, 0.4) is 0 Å². The van der Waals surface area contributed by atoms with Gasteiger partial charge in [-0.05, 0) is 118 Å². The van der Waals surface area contributed by atoms with Crippen LogP contribution in [-0.4, -0.2) is 7.05 Å². The van der Waals surface area contributed by atoms with Gasteiger partial charge in [0.1, 0.15) is 0 Å². The number of thiophene rings is 3. The summed E-state index contributed by atoms with van der Waals surface area (Å²) in [6.45, 7) is 0. The smallest absolute Gasteiger partial charge is 0.0950 e. The lowest BCUT2D eigenvalue weighted by Gasteiger charge is -2.22. The average molecular weight is 564 g/mol. The van der Waals surface area contributed by atoms with Gasteiger partial charge in [0.05, 0.1) is 15.0 Å². The maximum Gasteiger partial charge on any atom is 0.0950 e. The Kier molecular flexibility index (Phi) is 7.77. The molecule has 0 amide bonds. The van der Waals surface area contributed by atoms with E-state index in [-0.39, 0.29) is 0 Å². The number of rotatable bonds is 10. The minimum absolute atomic E-state index is 0.877. The molecule has 0 fully saturated rings. The van der Waals surface area contributed by atoms with Crippen LogP contribution >= 0.6 is 34.0 Å². The summed E-state index contributed by atoms with van der Waals surface area (Å²) in [5, 5.41) is 16.8. The van der Waals surface area contributed by atoms with Gasteiger partial charge in [0.25, 0.3) is 0 Å². The minimum atomic E-state index is 0.877. The van der Waals surface area contributed by atoms with Crippen LogP contribution in [0.4, 0.5) is 32.1 Å². The van der Waals surface area contributed by atoms with E-state index >= 15 is 0 Å². The Hall–Kier alpha value is -3.84. The SMILES string of the molecule is CN(c1cccs1)c1ccc(Cc2ccc(Nc3cccs3)cc2)cc1Cc1ccc(Nc2cccs2)cc1. The van der Waals surface area contributed by atoms with Gasteiger partial charge in [-0.25, -0.2) is 0 Å². The van der Waals surface area contributed by atoms with Crippen molar-refractivity contribution < 1.29 is 0 Å². The first-order chi connectivity index (χ1) is 19.2. The molecule has 2 N–H and O–H groups in total. The lowest BCUT2D eigenvalue weighted by molar-refractivity contribution is 1.10. The average Bonchev–Trinajstić information content (AvgIpc) is 3.76. The lowest BCUT2D eigenvalue weighted by atomic mass is 9.97. The predicted molar refractivity (Wildman–Crippen MR) is 173 cm³/mol. The van der Waals surface area contributed by atoms with Gasteiger partial charge in [0.15, 0.2) is 0 Å². The van der Waals surface area contributed by atoms with Gasteiger partial charge < -0.3 is 15.5 Å². The first-order valence-electron chi connectivity index (χ1n) is 12.9. The van der Waals surface area contributed by atoms with E-state index in [1.54, 1.807) is 34.0 Å². The summed E-state index contributed by atoms with van der Waals surface area (Å²) >= 11 is 5.19. The highest BCUT2D eigenvalue weighted by Crippen LogP contribution is 2.33. The molecule has 6 rings (SSSR count). The van der Waals surface area contributed by atoms with E-state index in [0.717, 1.165) is 34.2 Å². The van der Waals surface area contributed by atoms with Crippen LogP contribution in [0, 0.1) is 0 Å². The van der Waals surface area contributed by atoms with Crippen LogP contribution in [0.5, 0.6) is 0 Å². The number of nitrogens with zero attached hydrogens (tertiary/aromatic N) is 1. The molecular formula is C33H29N3S3. The molecule has 3 nitrogen and oxygen atoms in total. The second kappa shape index (κ2) is 11.9. The fourth-order valence-electron chi connectivity index (χ4n) is 4.65. The van der Waals surface area contributed by atoms with Crippen LogP contribution in [0.1, 0.15) is 22.3 Å². The molecule has 3 aromatic carbocycles. The molecule has 6 heteroatoms. The monoisotopic (exact) mass is 563 g/mol. The molecule has 0 aliphatic heterocycles. The van der Waals surface area contributed by atoms with E-state index in [2.05, 4.69) is 142 Å². The van der Waals surface area contributed by atoms with E-state index in [9.17, 15) is 0 Å². The van der Waals surface area contributed by atoms with Crippen LogP contribution in [0.2, 0.25) is 0 Å². The highest BCUT2D eigenvalue weighted by molar-refractivity contribution is 7.14. The van der Waals surface area contributed by atoms with Gasteiger partial charge in [0.2, 0.25) is 0 Å². The molecule has 0 aliphatic carbocycles. The molecular weight excluding hydrogens is 535 g/mol. The van der Waals surface area contributed by atoms with Crippen molar-refractivity contribution in [1.29, 1.82) is 0 Å². The van der Waals surface area contributed by atoms with Gasteiger partial charge in [-0.3, -0.25) is 0 Å². The zero-order valence-corrected chi connectivity index (χ0v) is 24.1. The number of benzene rings is 3. The molecule has 0 spiro atoms.